The smallest absolute Gasteiger partial charge is 1.00 e. The van der Waals surface area contributed by atoms with Crippen LogP contribution < -0.4 is 18.9 Å². The van der Waals surface area contributed by atoms with Gasteiger partial charge in [-0.25, -0.2) is 0 Å². The van der Waals surface area contributed by atoms with E-state index < -0.39 is 9.05 Å². The molecular formula is CH9FeLiO4Si. The van der Waals surface area contributed by atoms with Crippen LogP contribution in [0.15, 0.2) is 0 Å². The molecule has 0 radical (unpaired) electrons. The molecule has 0 aromatic carbocycles. The molecule has 0 heterocycles. The monoisotopic (exact) mass is 176 g/mol. The van der Waals surface area contributed by atoms with Gasteiger partial charge in [-0.3, -0.25) is 0 Å². The van der Waals surface area contributed by atoms with Crippen LogP contribution in [0.2, 0.25) is 0 Å². The molecule has 0 spiro atoms. The minimum Gasteiger partial charge on any atom is -1.00 e. The van der Waals surface area contributed by atoms with Crippen LogP contribution in [0.3, 0.4) is 0 Å². The Labute approximate surface area is 73.2 Å². The van der Waals surface area contributed by atoms with E-state index in [2.05, 4.69) is 0 Å². The van der Waals surface area contributed by atoms with Crippen molar-refractivity contribution in [2.24, 2.45) is 0 Å². The van der Waals surface area contributed by atoms with Gasteiger partial charge in [-0.1, -0.05) is 7.43 Å². The van der Waals surface area contributed by atoms with Gasteiger partial charge in [0.05, 0.1) is 0 Å². The molecule has 4 nitrogen and oxygen atoms in total. The average molecular weight is 176 g/mol. The van der Waals surface area contributed by atoms with Gasteiger partial charge < -0.3 is 20.6 Å². The zero-order valence-electron chi connectivity index (χ0n) is 4.64. The van der Waals surface area contributed by atoms with Crippen LogP contribution in [-0.4, -0.2) is 28.2 Å². The van der Waals surface area contributed by atoms with Gasteiger partial charge >= 0.3 is 27.9 Å². The minimum absolute atomic E-state index is 0. The second kappa shape index (κ2) is 8.17. The first kappa shape index (κ1) is 22.9. The average Bonchev–Trinajstić information content (AvgIpc) is 0.722. The fraction of sp³-hybridized carbons (Fsp3) is 1.00. The summed E-state index contributed by atoms with van der Waals surface area (Å²) in [5, 5.41) is 0. The molecule has 4 N–H and O–H groups in total. The summed E-state index contributed by atoms with van der Waals surface area (Å²) >= 11 is 0. The first-order chi connectivity index (χ1) is 2.00. The first-order valence-electron chi connectivity index (χ1n) is 0.894. The number of hydrogen-bond acceptors (Lipinski definition) is 4. The van der Waals surface area contributed by atoms with Crippen molar-refractivity contribution in [1.29, 1.82) is 0 Å². The maximum absolute atomic E-state index is 7.33. The van der Waals surface area contributed by atoms with Gasteiger partial charge in [-0.2, -0.15) is 0 Å². The number of hydrogen-bond donors (Lipinski definition) is 4. The van der Waals surface area contributed by atoms with E-state index in [4.69, 9.17) is 19.2 Å². The zero-order valence-corrected chi connectivity index (χ0v) is 5.75. The topological polar surface area (TPSA) is 80.9 Å². The summed E-state index contributed by atoms with van der Waals surface area (Å²) in [5.74, 6) is 0. The van der Waals surface area contributed by atoms with E-state index in [1.807, 2.05) is 0 Å². The standard InChI is InChI=1S/CH4.Fe.Li.H4O4Si.H/c;;;1-5(2,3)4;/h1H4;;;1-4H;/q;;+1;;-1. The first-order valence-corrected chi connectivity index (χ1v) is 2.68. The van der Waals surface area contributed by atoms with Crippen LogP contribution >= 0.6 is 0 Å². The van der Waals surface area contributed by atoms with E-state index in [0.29, 0.717) is 0 Å². The van der Waals surface area contributed by atoms with E-state index in [0.717, 1.165) is 0 Å². The van der Waals surface area contributed by atoms with Crippen molar-refractivity contribution >= 4 is 9.05 Å². The van der Waals surface area contributed by atoms with Crippen molar-refractivity contribution in [3.8, 4) is 0 Å². The summed E-state index contributed by atoms with van der Waals surface area (Å²) in [4.78, 5) is 29.3. The predicted molar refractivity (Wildman–Crippen MR) is 22.5 cm³/mol. The molecule has 0 aliphatic rings. The van der Waals surface area contributed by atoms with Gasteiger partial charge in [-0.05, 0) is 0 Å². The maximum Gasteiger partial charge on any atom is 1.00 e. The molecule has 0 saturated carbocycles. The molecule has 0 fully saturated rings. The molecule has 0 amide bonds. The fourth-order valence-corrected chi connectivity index (χ4v) is 0. The molecule has 0 aromatic heterocycles. The molecule has 0 aliphatic heterocycles. The van der Waals surface area contributed by atoms with Gasteiger partial charge in [0, 0.05) is 17.1 Å². The minimum atomic E-state index is -4.61. The van der Waals surface area contributed by atoms with Gasteiger partial charge in [-0.15, -0.1) is 0 Å². The van der Waals surface area contributed by atoms with Crippen molar-refractivity contribution in [1.82, 2.24) is 0 Å². The molecule has 50 valence electrons. The Morgan fingerprint density at radius 2 is 1.00 bits per heavy atom. The normalized spacial score (nSPS) is 7.50. The van der Waals surface area contributed by atoms with Crippen LogP contribution in [-0.2, 0) is 17.1 Å². The van der Waals surface area contributed by atoms with Gasteiger partial charge in [0.2, 0.25) is 0 Å². The van der Waals surface area contributed by atoms with Crippen LogP contribution in [0.1, 0.15) is 8.85 Å². The van der Waals surface area contributed by atoms with Crippen molar-refractivity contribution in [3.63, 3.8) is 0 Å². The predicted octanol–water partition coefficient (Wildman–Crippen LogP) is -4.86. The molecular weight excluding hydrogens is 167 g/mol. The van der Waals surface area contributed by atoms with Crippen LogP contribution in [0.25, 0.3) is 0 Å². The summed E-state index contributed by atoms with van der Waals surface area (Å²) in [7, 11) is -4.61. The van der Waals surface area contributed by atoms with Crippen LogP contribution in [0.5, 0.6) is 0 Å². The summed E-state index contributed by atoms with van der Waals surface area (Å²) in [6.07, 6.45) is 0. The molecule has 0 aromatic rings. The molecule has 0 aliphatic carbocycles. The Bertz CT molecular complexity index is 36.0. The van der Waals surface area contributed by atoms with E-state index >= 15 is 0 Å². The van der Waals surface area contributed by atoms with E-state index in [1.54, 1.807) is 0 Å². The number of rotatable bonds is 0. The molecule has 8 heavy (non-hydrogen) atoms. The van der Waals surface area contributed by atoms with E-state index in [1.165, 1.54) is 0 Å². The van der Waals surface area contributed by atoms with Crippen LogP contribution in [0, 0.1) is 0 Å². The maximum atomic E-state index is 7.33. The Kier molecular flexibility index (Phi) is 23.4. The Hall–Kier alpha value is 1.17. The van der Waals surface area contributed by atoms with Gasteiger partial charge in [0.15, 0.2) is 0 Å². The van der Waals surface area contributed by atoms with E-state index in [9.17, 15) is 0 Å². The molecule has 0 atom stereocenters. The second-order valence-corrected chi connectivity index (χ2v) is 1.80. The summed E-state index contributed by atoms with van der Waals surface area (Å²) in [6, 6.07) is 0. The van der Waals surface area contributed by atoms with Crippen molar-refractivity contribution in [2.45, 2.75) is 7.43 Å². The fourth-order valence-electron chi connectivity index (χ4n) is 0. The third-order valence-electron chi connectivity index (χ3n) is 0. The van der Waals surface area contributed by atoms with Crippen molar-refractivity contribution in [2.75, 3.05) is 0 Å². The largest absolute Gasteiger partial charge is 1.00 e. The summed E-state index contributed by atoms with van der Waals surface area (Å²) < 4.78 is 0. The Balaban J connectivity index is -0.0000000133. The van der Waals surface area contributed by atoms with Crippen LogP contribution in [0.4, 0.5) is 0 Å². The molecule has 0 unspecified atom stereocenters. The molecule has 7 heteroatoms. The Morgan fingerprint density at radius 1 is 1.00 bits per heavy atom. The zero-order chi connectivity index (χ0) is 4.50. The van der Waals surface area contributed by atoms with E-state index in [-0.39, 0.29) is 44.8 Å². The second-order valence-electron chi connectivity index (χ2n) is 0.600. The van der Waals surface area contributed by atoms with Crippen molar-refractivity contribution in [3.05, 3.63) is 0 Å². The molecule has 0 bridgehead atoms. The third kappa shape index (κ3) is 198. The third-order valence-corrected chi connectivity index (χ3v) is 0. The van der Waals surface area contributed by atoms with Gasteiger partial charge in [0.25, 0.3) is 0 Å². The molecule has 0 rings (SSSR count). The molecule has 0 saturated heterocycles. The Morgan fingerprint density at radius 3 is 1.00 bits per heavy atom. The van der Waals surface area contributed by atoms with Crippen molar-refractivity contribution < 1.29 is 56.5 Å². The summed E-state index contributed by atoms with van der Waals surface area (Å²) in [6.45, 7) is 0. The summed E-state index contributed by atoms with van der Waals surface area (Å²) in [5.41, 5.74) is 0. The SMILES string of the molecule is C.O[Si](O)(O)O.[Fe].[H-].[Li+]. The van der Waals surface area contributed by atoms with Gasteiger partial charge in [0.1, 0.15) is 0 Å². The quantitative estimate of drug-likeness (QED) is 0.279.